The van der Waals surface area contributed by atoms with E-state index in [0.29, 0.717) is 42.9 Å². The average Bonchev–Trinajstić information content (AvgIpc) is 3.07. The van der Waals surface area contributed by atoms with Gasteiger partial charge in [-0.15, -0.1) is 34.5 Å². The first-order chi connectivity index (χ1) is 12.4. The highest BCUT2D eigenvalue weighted by Crippen LogP contribution is 2.40. The molecule has 0 spiro atoms. The Kier molecular flexibility index (Phi) is 8.04. The molecule has 2 aromatic rings. The van der Waals surface area contributed by atoms with Crippen molar-refractivity contribution in [2.75, 3.05) is 25.0 Å². The first kappa shape index (κ1) is 21.3. The van der Waals surface area contributed by atoms with E-state index in [2.05, 4.69) is 0 Å². The van der Waals surface area contributed by atoms with Gasteiger partial charge in [-0.1, -0.05) is 0 Å². The number of benzene rings is 1. The van der Waals surface area contributed by atoms with Gasteiger partial charge >= 0.3 is 0 Å². The molecule has 1 aromatic carbocycles. The third kappa shape index (κ3) is 5.50. The normalized spacial score (nSPS) is 11.5. The Morgan fingerprint density at radius 3 is 2.27 bits per heavy atom. The van der Waals surface area contributed by atoms with Crippen molar-refractivity contribution in [1.82, 2.24) is 0 Å². The fourth-order valence-electron chi connectivity index (χ4n) is 2.31. The summed E-state index contributed by atoms with van der Waals surface area (Å²) in [5, 5.41) is 5.20. The number of thiophene rings is 1. The van der Waals surface area contributed by atoms with Gasteiger partial charge in [0.05, 0.1) is 13.2 Å². The van der Waals surface area contributed by atoms with E-state index in [9.17, 15) is 8.42 Å². The van der Waals surface area contributed by atoms with Crippen LogP contribution in [0.2, 0.25) is 0 Å². The van der Waals surface area contributed by atoms with Gasteiger partial charge in [0.1, 0.15) is 4.21 Å². The third-order valence-electron chi connectivity index (χ3n) is 3.56. The van der Waals surface area contributed by atoms with Crippen molar-refractivity contribution in [3.8, 4) is 21.9 Å². The summed E-state index contributed by atoms with van der Waals surface area (Å²) in [5.41, 5.74) is 1.74. The molecule has 0 bridgehead atoms. The van der Waals surface area contributed by atoms with Gasteiger partial charge in [0.25, 0.3) is 0 Å². The maximum absolute atomic E-state index is 11.5. The van der Waals surface area contributed by atoms with E-state index >= 15 is 0 Å². The minimum atomic E-state index is -3.72. The lowest BCUT2D eigenvalue weighted by Crippen LogP contribution is -2.09. The summed E-state index contributed by atoms with van der Waals surface area (Å²) in [6.07, 6.45) is 1.44. The zero-order valence-corrected chi connectivity index (χ0v) is 17.5. The van der Waals surface area contributed by atoms with Crippen LogP contribution in [-0.2, 0) is 10.0 Å². The smallest absolute Gasteiger partial charge is 0.247 e. The summed E-state index contributed by atoms with van der Waals surface area (Å²) in [5.74, 6) is 2.29. The van der Waals surface area contributed by atoms with Crippen LogP contribution >= 0.6 is 34.5 Å². The van der Waals surface area contributed by atoms with Gasteiger partial charge in [-0.05, 0) is 49.6 Å². The summed E-state index contributed by atoms with van der Waals surface area (Å²) >= 11 is 12.6. The number of sulfonamides is 1. The Balaban J connectivity index is 2.38. The number of ether oxygens (including phenoxy) is 2. The highest BCUT2D eigenvalue weighted by molar-refractivity contribution is 7.91. The Labute approximate surface area is 168 Å². The minimum absolute atomic E-state index is 0.124. The van der Waals surface area contributed by atoms with Crippen molar-refractivity contribution in [2.24, 2.45) is 5.14 Å². The molecule has 0 aliphatic carbocycles. The summed E-state index contributed by atoms with van der Waals surface area (Å²) in [4.78, 5) is 0.793. The molecule has 26 heavy (non-hydrogen) atoms. The van der Waals surface area contributed by atoms with E-state index in [4.69, 9.17) is 37.8 Å². The molecule has 0 aliphatic heterocycles. The second-order valence-electron chi connectivity index (χ2n) is 5.51. The molecule has 0 radical (unpaired) electrons. The Morgan fingerprint density at radius 2 is 1.69 bits per heavy atom. The van der Waals surface area contributed by atoms with Crippen LogP contribution in [0.4, 0.5) is 0 Å². The standard InChI is InChI=1S/C17H21Cl2NO4S2/c1-12-13(15-6-7-16(25-15)26(20,21)22)4-5-14(23-10-2-8-18)17(12)24-11-3-9-19/h4-7H,2-3,8-11H2,1H3,(H2,20,21,22). The number of halogens is 2. The molecule has 0 amide bonds. The zero-order valence-electron chi connectivity index (χ0n) is 14.3. The van der Waals surface area contributed by atoms with Crippen LogP contribution in [0.3, 0.4) is 0 Å². The SMILES string of the molecule is Cc1c(-c2ccc(S(N)(=O)=O)s2)ccc(OCCCCl)c1OCCCCl. The van der Waals surface area contributed by atoms with Crippen LogP contribution in [-0.4, -0.2) is 33.4 Å². The van der Waals surface area contributed by atoms with Crippen LogP contribution in [0.25, 0.3) is 10.4 Å². The molecule has 2 rings (SSSR count). The van der Waals surface area contributed by atoms with Gasteiger partial charge in [0.2, 0.25) is 10.0 Å². The molecule has 0 saturated carbocycles. The zero-order chi connectivity index (χ0) is 19.2. The van der Waals surface area contributed by atoms with Gasteiger partial charge in [-0.2, -0.15) is 0 Å². The topological polar surface area (TPSA) is 78.6 Å². The quantitative estimate of drug-likeness (QED) is 0.441. The molecule has 5 nitrogen and oxygen atoms in total. The number of primary sulfonamides is 1. The predicted octanol–water partition coefficient (Wildman–Crippen LogP) is 4.39. The van der Waals surface area contributed by atoms with E-state index in [1.54, 1.807) is 6.07 Å². The molecule has 144 valence electrons. The van der Waals surface area contributed by atoms with Gasteiger partial charge in [0.15, 0.2) is 11.5 Å². The minimum Gasteiger partial charge on any atom is -0.490 e. The largest absolute Gasteiger partial charge is 0.490 e. The third-order valence-corrected chi connectivity index (χ3v) is 6.65. The molecular formula is C17H21Cl2NO4S2. The van der Waals surface area contributed by atoms with Gasteiger partial charge in [-0.3, -0.25) is 0 Å². The highest BCUT2D eigenvalue weighted by atomic mass is 35.5. The number of hydrogen-bond donors (Lipinski definition) is 1. The van der Waals surface area contributed by atoms with Crippen molar-refractivity contribution in [2.45, 2.75) is 24.0 Å². The predicted molar refractivity (Wildman–Crippen MR) is 108 cm³/mol. The van der Waals surface area contributed by atoms with Crippen molar-refractivity contribution >= 4 is 44.6 Å². The summed E-state index contributed by atoms with van der Waals surface area (Å²) < 4.78 is 34.9. The van der Waals surface area contributed by atoms with E-state index in [1.807, 2.05) is 19.1 Å². The second kappa shape index (κ2) is 9.80. The van der Waals surface area contributed by atoms with Crippen LogP contribution in [0.15, 0.2) is 28.5 Å². The number of rotatable bonds is 10. The molecule has 2 N–H and O–H groups in total. The van der Waals surface area contributed by atoms with Crippen molar-refractivity contribution in [3.63, 3.8) is 0 Å². The molecule has 0 atom stereocenters. The Hall–Kier alpha value is -0.990. The Bertz CT molecular complexity index is 837. The van der Waals surface area contributed by atoms with E-state index in [-0.39, 0.29) is 4.21 Å². The highest BCUT2D eigenvalue weighted by Gasteiger charge is 2.18. The van der Waals surface area contributed by atoms with Crippen LogP contribution in [0, 0.1) is 6.92 Å². The lowest BCUT2D eigenvalue weighted by molar-refractivity contribution is 0.268. The molecule has 0 fully saturated rings. The van der Waals surface area contributed by atoms with Crippen LogP contribution in [0.1, 0.15) is 18.4 Å². The lowest BCUT2D eigenvalue weighted by atomic mass is 10.1. The maximum atomic E-state index is 11.5. The van der Waals surface area contributed by atoms with Crippen LogP contribution < -0.4 is 14.6 Å². The molecule has 1 aromatic heterocycles. The molecule has 0 saturated heterocycles. The lowest BCUT2D eigenvalue weighted by Gasteiger charge is -2.17. The second-order valence-corrected chi connectivity index (χ2v) is 9.14. The molecule has 0 aliphatic rings. The van der Waals surface area contributed by atoms with Crippen molar-refractivity contribution in [1.29, 1.82) is 0 Å². The fraction of sp³-hybridized carbons (Fsp3) is 0.412. The molecule has 0 unspecified atom stereocenters. The van der Waals surface area contributed by atoms with E-state index in [0.717, 1.165) is 33.8 Å². The van der Waals surface area contributed by atoms with Gasteiger partial charge in [-0.25, -0.2) is 13.6 Å². The monoisotopic (exact) mass is 437 g/mol. The molecule has 9 heteroatoms. The first-order valence-corrected chi connectivity index (χ1v) is 11.5. The average molecular weight is 438 g/mol. The van der Waals surface area contributed by atoms with Crippen LogP contribution in [0.5, 0.6) is 11.5 Å². The number of hydrogen-bond acceptors (Lipinski definition) is 5. The fourth-order valence-corrected chi connectivity index (χ4v) is 4.34. The van der Waals surface area contributed by atoms with E-state index in [1.165, 1.54) is 6.07 Å². The number of alkyl halides is 2. The molecular weight excluding hydrogens is 417 g/mol. The van der Waals surface area contributed by atoms with Crippen molar-refractivity contribution < 1.29 is 17.9 Å². The molecule has 1 heterocycles. The first-order valence-electron chi connectivity index (χ1n) is 8.02. The number of nitrogens with two attached hydrogens (primary N) is 1. The van der Waals surface area contributed by atoms with Gasteiger partial charge < -0.3 is 9.47 Å². The summed E-state index contributed by atoms with van der Waals surface area (Å²) in [6, 6.07) is 6.96. The Morgan fingerprint density at radius 1 is 1.04 bits per heavy atom. The van der Waals surface area contributed by atoms with Gasteiger partial charge in [0, 0.05) is 22.2 Å². The summed E-state index contributed by atoms with van der Waals surface area (Å²) in [7, 11) is -3.72. The maximum Gasteiger partial charge on any atom is 0.247 e. The summed E-state index contributed by atoms with van der Waals surface area (Å²) in [6.45, 7) is 2.87. The van der Waals surface area contributed by atoms with Crippen molar-refractivity contribution in [3.05, 3.63) is 29.8 Å². The van der Waals surface area contributed by atoms with E-state index < -0.39 is 10.0 Å².